The Morgan fingerprint density at radius 2 is 2.11 bits per heavy atom. The molecule has 2 heterocycles. The van der Waals surface area contributed by atoms with Gasteiger partial charge in [0.1, 0.15) is 0 Å². The molecule has 0 bridgehead atoms. The number of hydrogen-bond acceptors (Lipinski definition) is 3. The van der Waals surface area contributed by atoms with Crippen molar-refractivity contribution in [3.8, 4) is 0 Å². The van der Waals surface area contributed by atoms with Crippen LogP contribution in [0.1, 0.15) is 33.1 Å². The maximum Gasteiger partial charge on any atom is 0.263 e. The van der Waals surface area contributed by atoms with E-state index in [9.17, 15) is 12.8 Å². The van der Waals surface area contributed by atoms with E-state index in [1.54, 1.807) is 0 Å². The molecular weight excluding hydrogens is 267 g/mol. The van der Waals surface area contributed by atoms with Crippen LogP contribution in [0.3, 0.4) is 0 Å². The van der Waals surface area contributed by atoms with Crippen LogP contribution in [0.4, 0.5) is 4.39 Å². The minimum atomic E-state index is -3.81. The van der Waals surface area contributed by atoms with Gasteiger partial charge in [-0.05, 0) is 36.8 Å². The van der Waals surface area contributed by atoms with Gasteiger partial charge in [0.15, 0.2) is 5.82 Å². The van der Waals surface area contributed by atoms with Crippen molar-refractivity contribution in [2.75, 3.05) is 13.1 Å². The maximum absolute atomic E-state index is 13.6. The summed E-state index contributed by atoms with van der Waals surface area (Å²) in [5, 5.41) is -0.460. The first-order chi connectivity index (χ1) is 8.95. The standard InChI is InChI=1S/C13H19FN2O2S/c1-3-13(4-2)7-9-16(10-13)19(17,18)12-11(14)6-5-8-15-12/h5-6,8H,3-4,7,9-10H2,1-2H3. The van der Waals surface area contributed by atoms with E-state index in [1.807, 2.05) is 0 Å². The summed E-state index contributed by atoms with van der Waals surface area (Å²) in [5.41, 5.74) is 0.0261. The van der Waals surface area contributed by atoms with E-state index in [2.05, 4.69) is 18.8 Å². The summed E-state index contributed by atoms with van der Waals surface area (Å²) in [7, 11) is -3.81. The van der Waals surface area contributed by atoms with Crippen molar-refractivity contribution in [2.24, 2.45) is 5.41 Å². The summed E-state index contributed by atoms with van der Waals surface area (Å²) in [6.07, 6.45) is 3.99. The van der Waals surface area contributed by atoms with E-state index < -0.39 is 20.9 Å². The largest absolute Gasteiger partial charge is 0.263 e. The van der Waals surface area contributed by atoms with Crippen LogP contribution >= 0.6 is 0 Å². The summed E-state index contributed by atoms with van der Waals surface area (Å²) in [4.78, 5) is 3.69. The fourth-order valence-electron chi connectivity index (χ4n) is 2.61. The molecule has 0 spiro atoms. The van der Waals surface area contributed by atoms with Gasteiger partial charge in [-0.1, -0.05) is 13.8 Å². The van der Waals surface area contributed by atoms with Gasteiger partial charge < -0.3 is 0 Å². The van der Waals surface area contributed by atoms with E-state index in [0.717, 1.165) is 25.3 Å². The van der Waals surface area contributed by atoms with Crippen molar-refractivity contribution in [3.63, 3.8) is 0 Å². The molecule has 0 aromatic carbocycles. The Kier molecular flexibility index (Phi) is 3.92. The number of halogens is 1. The topological polar surface area (TPSA) is 50.3 Å². The zero-order chi connectivity index (χ0) is 14.1. The Hall–Kier alpha value is -1.01. The molecule has 6 heteroatoms. The lowest BCUT2D eigenvalue weighted by Gasteiger charge is -2.26. The number of hydrogen-bond donors (Lipinski definition) is 0. The quantitative estimate of drug-likeness (QED) is 0.854. The van der Waals surface area contributed by atoms with E-state index in [4.69, 9.17) is 0 Å². The molecule has 1 aromatic heterocycles. The first-order valence-corrected chi connectivity index (χ1v) is 8.00. The molecule has 1 fully saturated rings. The van der Waals surface area contributed by atoms with Crippen LogP contribution in [0, 0.1) is 11.2 Å². The number of sulfonamides is 1. The Balaban J connectivity index is 2.31. The van der Waals surface area contributed by atoms with Crippen LogP contribution in [-0.4, -0.2) is 30.8 Å². The van der Waals surface area contributed by atoms with Crippen molar-refractivity contribution in [3.05, 3.63) is 24.1 Å². The van der Waals surface area contributed by atoms with Gasteiger partial charge in [0.05, 0.1) is 0 Å². The third-order valence-electron chi connectivity index (χ3n) is 4.21. The highest BCUT2D eigenvalue weighted by Gasteiger charge is 2.41. The Bertz CT molecular complexity index is 556. The van der Waals surface area contributed by atoms with Crippen LogP contribution in [-0.2, 0) is 10.0 Å². The summed E-state index contributed by atoms with van der Waals surface area (Å²) >= 11 is 0. The Labute approximate surface area is 113 Å². The second kappa shape index (κ2) is 5.17. The molecule has 0 saturated carbocycles. The monoisotopic (exact) mass is 286 g/mol. The van der Waals surface area contributed by atoms with Crippen molar-refractivity contribution in [1.29, 1.82) is 0 Å². The molecule has 0 amide bonds. The molecule has 1 aliphatic heterocycles. The number of aromatic nitrogens is 1. The average molecular weight is 286 g/mol. The van der Waals surface area contributed by atoms with Gasteiger partial charge in [-0.2, -0.15) is 4.31 Å². The van der Waals surface area contributed by atoms with Crippen LogP contribution in [0.2, 0.25) is 0 Å². The highest BCUT2D eigenvalue weighted by atomic mass is 32.2. The average Bonchev–Trinajstić information content (AvgIpc) is 2.85. The SMILES string of the molecule is CCC1(CC)CCN(S(=O)(=O)c2ncccc2F)C1. The first kappa shape index (κ1) is 14.4. The third-order valence-corrected chi connectivity index (χ3v) is 5.99. The van der Waals surface area contributed by atoms with Crippen LogP contribution in [0.25, 0.3) is 0 Å². The molecular formula is C13H19FN2O2S. The normalized spacial score (nSPS) is 19.7. The molecule has 1 aromatic rings. The van der Waals surface area contributed by atoms with Crippen LogP contribution < -0.4 is 0 Å². The second-order valence-corrected chi connectivity index (χ2v) is 6.94. The molecule has 1 saturated heterocycles. The summed E-state index contributed by atoms with van der Waals surface area (Å²) in [5.74, 6) is -0.784. The number of nitrogens with zero attached hydrogens (tertiary/aromatic N) is 2. The smallest absolute Gasteiger partial charge is 0.241 e. The third kappa shape index (κ3) is 2.51. The van der Waals surface area contributed by atoms with Gasteiger partial charge in [-0.3, -0.25) is 0 Å². The lowest BCUT2D eigenvalue weighted by atomic mass is 9.82. The Morgan fingerprint density at radius 3 is 2.63 bits per heavy atom. The molecule has 0 radical (unpaired) electrons. The minimum absolute atomic E-state index is 0.0261. The highest BCUT2D eigenvalue weighted by Crippen LogP contribution is 2.39. The van der Waals surface area contributed by atoms with Gasteiger partial charge in [0.25, 0.3) is 10.0 Å². The fourth-order valence-corrected chi connectivity index (χ4v) is 4.14. The van der Waals surface area contributed by atoms with E-state index in [1.165, 1.54) is 16.6 Å². The molecule has 0 unspecified atom stereocenters. The summed E-state index contributed by atoms with van der Waals surface area (Å²) in [6, 6.07) is 2.52. The van der Waals surface area contributed by atoms with Gasteiger partial charge >= 0.3 is 0 Å². The molecule has 0 aliphatic carbocycles. The molecule has 2 rings (SSSR count). The van der Waals surface area contributed by atoms with Crippen molar-refractivity contribution < 1.29 is 12.8 Å². The maximum atomic E-state index is 13.6. The molecule has 4 nitrogen and oxygen atoms in total. The predicted molar refractivity (Wildman–Crippen MR) is 70.6 cm³/mol. The summed E-state index contributed by atoms with van der Waals surface area (Å²) in [6.45, 7) is 5.04. The zero-order valence-electron chi connectivity index (χ0n) is 11.3. The molecule has 0 atom stereocenters. The molecule has 106 valence electrons. The van der Waals surface area contributed by atoms with Gasteiger partial charge in [-0.15, -0.1) is 0 Å². The highest BCUT2D eigenvalue weighted by molar-refractivity contribution is 7.89. The Morgan fingerprint density at radius 1 is 1.42 bits per heavy atom. The minimum Gasteiger partial charge on any atom is -0.241 e. The predicted octanol–water partition coefficient (Wildman–Crippen LogP) is 2.42. The molecule has 1 aliphatic rings. The lowest BCUT2D eigenvalue weighted by Crippen LogP contribution is -2.32. The van der Waals surface area contributed by atoms with E-state index in [-0.39, 0.29) is 5.41 Å². The van der Waals surface area contributed by atoms with E-state index >= 15 is 0 Å². The summed E-state index contributed by atoms with van der Waals surface area (Å²) < 4.78 is 39.8. The van der Waals surface area contributed by atoms with Crippen LogP contribution in [0.15, 0.2) is 23.4 Å². The van der Waals surface area contributed by atoms with Gasteiger partial charge in [0, 0.05) is 19.3 Å². The first-order valence-electron chi connectivity index (χ1n) is 6.56. The van der Waals surface area contributed by atoms with Crippen LogP contribution in [0.5, 0.6) is 0 Å². The zero-order valence-corrected chi connectivity index (χ0v) is 12.1. The molecule has 0 N–H and O–H groups in total. The van der Waals surface area contributed by atoms with Crippen molar-refractivity contribution >= 4 is 10.0 Å². The second-order valence-electron chi connectivity index (χ2n) is 5.09. The number of rotatable bonds is 4. The molecule has 19 heavy (non-hydrogen) atoms. The van der Waals surface area contributed by atoms with Gasteiger partial charge in [-0.25, -0.2) is 17.8 Å². The lowest BCUT2D eigenvalue weighted by molar-refractivity contribution is 0.279. The number of pyridine rings is 1. The van der Waals surface area contributed by atoms with E-state index in [0.29, 0.717) is 13.1 Å². The van der Waals surface area contributed by atoms with Crippen molar-refractivity contribution in [2.45, 2.75) is 38.1 Å². The van der Waals surface area contributed by atoms with Crippen molar-refractivity contribution in [1.82, 2.24) is 9.29 Å². The fraction of sp³-hybridized carbons (Fsp3) is 0.615. The van der Waals surface area contributed by atoms with Gasteiger partial charge in [0.2, 0.25) is 5.03 Å².